The molecule has 1 aliphatic rings. The van der Waals surface area contributed by atoms with Crippen molar-refractivity contribution in [1.29, 1.82) is 0 Å². The Labute approximate surface area is 189 Å². The maximum absolute atomic E-state index is 13.9. The second-order valence-corrected chi connectivity index (χ2v) is 8.31. The first-order chi connectivity index (χ1) is 15.5. The molecule has 1 aliphatic heterocycles. The van der Waals surface area contributed by atoms with Gasteiger partial charge in [-0.05, 0) is 48.9 Å². The molecule has 0 aliphatic carbocycles. The molecule has 0 saturated heterocycles. The fourth-order valence-electron chi connectivity index (χ4n) is 3.17. The van der Waals surface area contributed by atoms with Gasteiger partial charge in [0.2, 0.25) is 12.7 Å². The van der Waals surface area contributed by atoms with Crippen LogP contribution in [0.4, 0.5) is 15.8 Å². The number of benzene rings is 3. The van der Waals surface area contributed by atoms with Crippen molar-refractivity contribution in [2.24, 2.45) is 0 Å². The molecule has 3 aromatic carbocycles. The zero-order chi connectivity index (χ0) is 22.5. The van der Waals surface area contributed by atoms with E-state index in [4.69, 9.17) is 9.47 Å². The van der Waals surface area contributed by atoms with Gasteiger partial charge in [0.25, 0.3) is 5.91 Å². The molecule has 6 nitrogen and oxygen atoms in total. The lowest BCUT2D eigenvalue weighted by Crippen LogP contribution is -2.24. The van der Waals surface area contributed by atoms with Gasteiger partial charge in [-0.2, -0.15) is 0 Å². The summed E-state index contributed by atoms with van der Waals surface area (Å²) in [5.74, 6) is -0.00257. The van der Waals surface area contributed by atoms with E-state index in [9.17, 15) is 14.0 Å². The Bertz CT molecular complexity index is 1150. The molecule has 0 bridgehead atoms. The summed E-state index contributed by atoms with van der Waals surface area (Å²) in [5.41, 5.74) is 1.12. The van der Waals surface area contributed by atoms with Crippen molar-refractivity contribution in [3.8, 4) is 11.5 Å². The highest BCUT2D eigenvalue weighted by Gasteiger charge is 2.20. The smallest absolute Gasteiger partial charge is 0.258 e. The van der Waals surface area contributed by atoms with Crippen molar-refractivity contribution in [2.45, 2.75) is 23.5 Å². The fourth-order valence-corrected chi connectivity index (χ4v) is 4.19. The summed E-state index contributed by atoms with van der Waals surface area (Å²) in [6, 6.07) is 18.2. The van der Waals surface area contributed by atoms with Gasteiger partial charge in [0.05, 0.1) is 10.8 Å². The van der Waals surface area contributed by atoms with E-state index < -0.39 is 11.7 Å². The number of carbonyl (C=O) groups is 2. The molecule has 0 radical (unpaired) electrons. The molecule has 8 heteroatoms. The summed E-state index contributed by atoms with van der Waals surface area (Å²) in [6.45, 7) is 2.10. The number of nitrogens with one attached hydrogen (secondary N) is 2. The quantitative estimate of drug-likeness (QED) is 0.475. The lowest BCUT2D eigenvalue weighted by atomic mass is 10.2. The van der Waals surface area contributed by atoms with Gasteiger partial charge < -0.3 is 20.1 Å². The van der Waals surface area contributed by atoms with Gasteiger partial charge in [-0.1, -0.05) is 25.1 Å². The number of rotatable bonds is 7. The van der Waals surface area contributed by atoms with Crippen LogP contribution in [0.2, 0.25) is 0 Å². The summed E-state index contributed by atoms with van der Waals surface area (Å²) in [6.07, 6.45) is 0.604. The van der Waals surface area contributed by atoms with Crippen LogP contribution in [-0.4, -0.2) is 23.9 Å². The summed E-state index contributed by atoms with van der Waals surface area (Å²) >= 11 is 1.39. The van der Waals surface area contributed by atoms with Crippen molar-refractivity contribution < 1.29 is 23.5 Å². The minimum Gasteiger partial charge on any atom is -0.454 e. The topological polar surface area (TPSA) is 76.7 Å². The predicted molar refractivity (Wildman–Crippen MR) is 122 cm³/mol. The molecule has 1 unspecified atom stereocenters. The number of fused-ring (bicyclic) bond motifs is 1. The third kappa shape index (κ3) is 5.03. The number of hydrogen-bond donors (Lipinski definition) is 2. The normalized spacial score (nSPS) is 12.8. The minimum absolute atomic E-state index is 0.0277. The Kier molecular flexibility index (Phi) is 6.61. The highest BCUT2D eigenvalue weighted by molar-refractivity contribution is 8.00. The first-order valence-electron chi connectivity index (χ1n) is 10.1. The first-order valence-corrected chi connectivity index (χ1v) is 10.9. The molecule has 2 amide bonds. The van der Waals surface area contributed by atoms with E-state index in [1.807, 2.05) is 13.0 Å². The van der Waals surface area contributed by atoms with Gasteiger partial charge in [-0.3, -0.25) is 9.59 Å². The lowest BCUT2D eigenvalue weighted by Gasteiger charge is -2.16. The number of hydrogen-bond acceptors (Lipinski definition) is 5. The van der Waals surface area contributed by atoms with Crippen LogP contribution in [0.15, 0.2) is 71.6 Å². The minimum atomic E-state index is -0.582. The molecule has 0 spiro atoms. The summed E-state index contributed by atoms with van der Waals surface area (Å²) in [4.78, 5) is 26.0. The maximum atomic E-state index is 13.9. The average molecular weight is 453 g/mol. The fraction of sp³-hybridized carbons (Fsp3) is 0.167. The first kappa shape index (κ1) is 21.7. The molecule has 4 rings (SSSR count). The van der Waals surface area contributed by atoms with E-state index >= 15 is 0 Å². The SMILES string of the molecule is CCC(Sc1cccc(NC(=O)c2ccccc2F)c1)C(=O)Nc1ccc2c(c1)OCO2. The van der Waals surface area contributed by atoms with Crippen LogP contribution < -0.4 is 20.1 Å². The summed E-state index contributed by atoms with van der Waals surface area (Å²) < 4.78 is 24.5. The second-order valence-electron chi connectivity index (χ2n) is 7.03. The van der Waals surface area contributed by atoms with E-state index in [1.54, 1.807) is 42.5 Å². The highest BCUT2D eigenvalue weighted by Crippen LogP contribution is 2.35. The van der Waals surface area contributed by atoms with Gasteiger partial charge in [-0.15, -0.1) is 11.8 Å². The van der Waals surface area contributed by atoms with E-state index in [0.29, 0.717) is 29.3 Å². The Hall–Kier alpha value is -3.52. The average Bonchev–Trinajstić information content (AvgIpc) is 3.26. The Morgan fingerprint density at radius 2 is 1.75 bits per heavy atom. The zero-order valence-electron chi connectivity index (χ0n) is 17.3. The van der Waals surface area contributed by atoms with Crippen LogP contribution in [-0.2, 0) is 4.79 Å². The second kappa shape index (κ2) is 9.74. The molecule has 3 aromatic rings. The van der Waals surface area contributed by atoms with Gasteiger partial charge in [-0.25, -0.2) is 4.39 Å². The summed E-state index contributed by atoms with van der Waals surface area (Å²) in [7, 11) is 0. The van der Waals surface area contributed by atoms with Crippen LogP contribution in [0.25, 0.3) is 0 Å². The monoisotopic (exact) mass is 452 g/mol. The van der Waals surface area contributed by atoms with E-state index in [2.05, 4.69) is 10.6 Å². The third-order valence-electron chi connectivity index (χ3n) is 4.79. The molecule has 1 atom stereocenters. The molecule has 0 saturated carbocycles. The summed E-state index contributed by atoms with van der Waals surface area (Å²) in [5, 5.41) is 5.27. The van der Waals surface area contributed by atoms with Crippen LogP contribution >= 0.6 is 11.8 Å². The van der Waals surface area contributed by atoms with Crippen LogP contribution in [0.5, 0.6) is 11.5 Å². The molecule has 1 heterocycles. The zero-order valence-corrected chi connectivity index (χ0v) is 18.1. The van der Waals surface area contributed by atoms with Crippen molar-refractivity contribution in [3.63, 3.8) is 0 Å². The van der Waals surface area contributed by atoms with E-state index in [0.717, 1.165) is 4.90 Å². The molecule has 164 valence electrons. The van der Waals surface area contributed by atoms with Gasteiger partial charge >= 0.3 is 0 Å². The standard InChI is InChI=1S/C24H21FN2O4S/c1-2-22(24(29)27-16-10-11-20-21(13-16)31-14-30-20)32-17-7-5-6-15(12-17)26-23(28)18-8-3-4-9-19(18)25/h3-13,22H,2,14H2,1H3,(H,26,28)(H,27,29). The van der Waals surface area contributed by atoms with E-state index in [-0.39, 0.29) is 23.5 Å². The van der Waals surface area contributed by atoms with Crippen molar-refractivity contribution in [2.75, 3.05) is 17.4 Å². The van der Waals surface area contributed by atoms with Crippen LogP contribution in [0, 0.1) is 5.82 Å². The molecule has 2 N–H and O–H groups in total. The number of ether oxygens (including phenoxy) is 2. The predicted octanol–water partition coefficient (Wildman–Crippen LogP) is 5.32. The van der Waals surface area contributed by atoms with Crippen LogP contribution in [0.3, 0.4) is 0 Å². The van der Waals surface area contributed by atoms with E-state index in [1.165, 1.54) is 30.0 Å². The molecule has 0 aromatic heterocycles. The molecular weight excluding hydrogens is 431 g/mol. The number of carbonyl (C=O) groups excluding carboxylic acids is 2. The van der Waals surface area contributed by atoms with Gasteiger partial charge in [0.15, 0.2) is 11.5 Å². The molecule has 32 heavy (non-hydrogen) atoms. The highest BCUT2D eigenvalue weighted by atomic mass is 32.2. The van der Waals surface area contributed by atoms with Gasteiger partial charge in [0, 0.05) is 22.3 Å². The largest absolute Gasteiger partial charge is 0.454 e. The third-order valence-corrected chi connectivity index (χ3v) is 6.15. The molecular formula is C24H21FN2O4S. The van der Waals surface area contributed by atoms with Crippen LogP contribution in [0.1, 0.15) is 23.7 Å². The van der Waals surface area contributed by atoms with Crippen molar-refractivity contribution >= 4 is 35.0 Å². The lowest BCUT2D eigenvalue weighted by molar-refractivity contribution is -0.115. The Morgan fingerprint density at radius 1 is 0.969 bits per heavy atom. The molecule has 0 fully saturated rings. The number of halogens is 1. The number of thioether (sulfide) groups is 1. The maximum Gasteiger partial charge on any atom is 0.258 e. The number of amides is 2. The van der Waals surface area contributed by atoms with Gasteiger partial charge in [0.1, 0.15) is 5.82 Å². The van der Waals surface area contributed by atoms with Crippen molar-refractivity contribution in [1.82, 2.24) is 0 Å². The Balaban J connectivity index is 1.41. The number of anilines is 2. The Morgan fingerprint density at radius 3 is 2.56 bits per heavy atom. The van der Waals surface area contributed by atoms with Crippen molar-refractivity contribution in [3.05, 3.63) is 78.1 Å².